The van der Waals surface area contributed by atoms with Gasteiger partial charge >= 0.3 is 0 Å². The van der Waals surface area contributed by atoms with Crippen LogP contribution in [0.4, 0.5) is 5.69 Å². The lowest BCUT2D eigenvalue weighted by Gasteiger charge is -2.34. The van der Waals surface area contributed by atoms with E-state index in [1.54, 1.807) is 18.2 Å². The van der Waals surface area contributed by atoms with Crippen molar-refractivity contribution in [2.24, 2.45) is 5.92 Å². The summed E-state index contributed by atoms with van der Waals surface area (Å²) in [6.07, 6.45) is 1.16. The molecule has 2 amide bonds. The number of rotatable bonds is 12. The van der Waals surface area contributed by atoms with Gasteiger partial charge in [0.15, 0.2) is 0 Å². The van der Waals surface area contributed by atoms with Gasteiger partial charge in [0.25, 0.3) is 0 Å². The first-order chi connectivity index (χ1) is 19.3. The Morgan fingerprint density at radius 1 is 0.878 bits per heavy atom. The number of benzene rings is 3. The Kier molecular flexibility index (Phi) is 11.8. The van der Waals surface area contributed by atoms with Crippen LogP contribution in [0.5, 0.6) is 0 Å². The SMILES string of the molecule is CC(C)CNC(=O)[C@@H](Cc1ccccc1)N(Cc1ccc(Cl)cc1Cl)C(=O)CN(c1ccc(Cl)cc1Cl)S(C)(=O)=O. The highest BCUT2D eigenvalue weighted by atomic mass is 35.5. The average Bonchev–Trinajstić information content (AvgIpc) is 2.89. The molecule has 0 unspecified atom stereocenters. The van der Waals surface area contributed by atoms with Crippen LogP contribution >= 0.6 is 46.4 Å². The summed E-state index contributed by atoms with van der Waals surface area (Å²) in [5.74, 6) is -0.844. The Hall–Kier alpha value is -2.49. The second-order valence-electron chi connectivity index (χ2n) is 9.97. The molecule has 0 bridgehead atoms. The van der Waals surface area contributed by atoms with Gasteiger partial charge in [0, 0.05) is 34.6 Å². The van der Waals surface area contributed by atoms with Crippen LogP contribution in [-0.4, -0.2) is 50.5 Å². The number of hydrogen-bond donors (Lipinski definition) is 1. The molecule has 3 rings (SSSR count). The topological polar surface area (TPSA) is 86.8 Å². The molecular weight excluding hydrogens is 628 g/mol. The van der Waals surface area contributed by atoms with Gasteiger partial charge in [-0.1, -0.05) is 96.6 Å². The summed E-state index contributed by atoms with van der Waals surface area (Å²) in [7, 11) is -3.98. The Morgan fingerprint density at radius 2 is 1.49 bits per heavy atom. The molecule has 0 radical (unpaired) electrons. The lowest BCUT2D eigenvalue weighted by Crippen LogP contribution is -2.53. The molecule has 12 heteroatoms. The van der Waals surface area contributed by atoms with Crippen molar-refractivity contribution in [3.8, 4) is 0 Å². The van der Waals surface area contributed by atoms with Gasteiger partial charge < -0.3 is 10.2 Å². The van der Waals surface area contributed by atoms with Crippen molar-refractivity contribution in [1.29, 1.82) is 0 Å². The van der Waals surface area contributed by atoms with E-state index < -0.39 is 28.5 Å². The van der Waals surface area contributed by atoms with Gasteiger partial charge in [0.05, 0.1) is 17.0 Å². The van der Waals surface area contributed by atoms with Crippen LogP contribution < -0.4 is 9.62 Å². The highest BCUT2D eigenvalue weighted by Crippen LogP contribution is 2.31. The van der Waals surface area contributed by atoms with Gasteiger partial charge in [0.1, 0.15) is 12.6 Å². The van der Waals surface area contributed by atoms with E-state index in [9.17, 15) is 18.0 Å². The fourth-order valence-corrected chi connectivity index (χ4v) is 5.98. The molecule has 0 aliphatic heterocycles. The molecule has 1 atom stereocenters. The smallest absolute Gasteiger partial charge is 0.244 e. The molecule has 0 saturated carbocycles. The van der Waals surface area contributed by atoms with Crippen LogP contribution in [0.3, 0.4) is 0 Å². The zero-order valence-electron chi connectivity index (χ0n) is 22.8. The van der Waals surface area contributed by atoms with Gasteiger partial charge in [-0.25, -0.2) is 8.42 Å². The standard InChI is InChI=1S/C29H31Cl4N3O4S/c1-19(2)16-34-29(38)27(13-20-7-5-4-6-8-20)35(17-21-9-10-22(30)14-24(21)32)28(37)18-36(41(3,39)40)26-12-11-23(31)15-25(26)33/h4-12,14-15,19,27H,13,16-18H2,1-3H3,(H,34,38)/t27-/m1/s1. The van der Waals surface area contributed by atoms with E-state index in [1.165, 1.54) is 23.1 Å². The van der Waals surface area contributed by atoms with Crippen LogP contribution in [0.15, 0.2) is 66.7 Å². The molecule has 0 aliphatic rings. The van der Waals surface area contributed by atoms with Crippen molar-refractivity contribution in [1.82, 2.24) is 10.2 Å². The van der Waals surface area contributed by atoms with Gasteiger partial charge in [0.2, 0.25) is 21.8 Å². The third-order valence-electron chi connectivity index (χ3n) is 6.17. The largest absolute Gasteiger partial charge is 0.354 e. The summed E-state index contributed by atoms with van der Waals surface area (Å²) in [5, 5.41) is 4.00. The van der Waals surface area contributed by atoms with Gasteiger partial charge in [-0.3, -0.25) is 13.9 Å². The number of carbonyl (C=O) groups is 2. The summed E-state index contributed by atoms with van der Waals surface area (Å²) < 4.78 is 26.7. The van der Waals surface area contributed by atoms with Crippen LogP contribution in [-0.2, 0) is 32.6 Å². The molecule has 0 aliphatic carbocycles. The quantitative estimate of drug-likeness (QED) is 0.241. The van der Waals surface area contributed by atoms with Crippen LogP contribution in [0.2, 0.25) is 20.1 Å². The first kappa shape index (κ1) is 33.0. The number of nitrogens with zero attached hydrogens (tertiary/aromatic N) is 2. The molecule has 3 aromatic carbocycles. The first-order valence-electron chi connectivity index (χ1n) is 12.7. The number of sulfonamides is 1. The molecule has 0 heterocycles. The van der Waals surface area contributed by atoms with Gasteiger partial charge in [-0.15, -0.1) is 0 Å². The number of amides is 2. The minimum absolute atomic E-state index is 0.0542. The Labute approximate surface area is 261 Å². The second kappa shape index (κ2) is 14.6. The maximum atomic E-state index is 14.1. The van der Waals surface area contributed by atoms with Crippen molar-refractivity contribution in [3.05, 3.63) is 97.9 Å². The van der Waals surface area contributed by atoms with Crippen molar-refractivity contribution in [3.63, 3.8) is 0 Å². The minimum Gasteiger partial charge on any atom is -0.354 e. The molecule has 0 fully saturated rings. The van der Waals surface area contributed by atoms with E-state index in [1.807, 2.05) is 44.2 Å². The van der Waals surface area contributed by atoms with E-state index in [0.29, 0.717) is 27.2 Å². The Balaban J connectivity index is 2.09. The van der Waals surface area contributed by atoms with Crippen LogP contribution in [0.1, 0.15) is 25.0 Å². The number of nitrogens with one attached hydrogen (secondary N) is 1. The summed E-state index contributed by atoms with van der Waals surface area (Å²) in [6.45, 7) is 3.62. The molecular formula is C29H31Cl4N3O4S. The predicted octanol–water partition coefficient (Wildman–Crippen LogP) is 6.48. The molecule has 1 N–H and O–H groups in total. The Morgan fingerprint density at radius 3 is 2.05 bits per heavy atom. The number of hydrogen-bond acceptors (Lipinski definition) is 4. The van der Waals surface area contributed by atoms with Gasteiger partial charge in [-0.05, 0) is 47.4 Å². The monoisotopic (exact) mass is 657 g/mol. The van der Waals surface area contributed by atoms with E-state index in [0.717, 1.165) is 16.1 Å². The van der Waals surface area contributed by atoms with E-state index >= 15 is 0 Å². The normalized spacial score (nSPS) is 12.2. The lowest BCUT2D eigenvalue weighted by atomic mass is 10.0. The molecule has 220 valence electrons. The van der Waals surface area contributed by atoms with E-state index in [4.69, 9.17) is 46.4 Å². The third-order valence-corrected chi connectivity index (χ3v) is 8.42. The molecule has 0 saturated heterocycles. The van der Waals surface area contributed by atoms with E-state index in [2.05, 4.69) is 5.32 Å². The Bertz CT molecular complexity index is 1490. The molecule has 0 aromatic heterocycles. The number of halogens is 4. The fraction of sp³-hybridized carbons (Fsp3) is 0.310. The van der Waals surface area contributed by atoms with Crippen molar-refractivity contribution in [2.75, 3.05) is 23.7 Å². The lowest BCUT2D eigenvalue weighted by molar-refractivity contribution is -0.140. The van der Waals surface area contributed by atoms with Crippen molar-refractivity contribution < 1.29 is 18.0 Å². The highest BCUT2D eigenvalue weighted by molar-refractivity contribution is 7.92. The van der Waals surface area contributed by atoms with E-state index in [-0.39, 0.29) is 35.5 Å². The minimum atomic E-state index is -3.98. The van der Waals surface area contributed by atoms with Gasteiger partial charge in [-0.2, -0.15) is 0 Å². The van der Waals surface area contributed by atoms with Crippen LogP contribution in [0, 0.1) is 5.92 Å². The maximum Gasteiger partial charge on any atom is 0.244 e. The first-order valence-corrected chi connectivity index (χ1v) is 16.1. The number of carbonyl (C=O) groups excluding carboxylic acids is 2. The van der Waals surface area contributed by atoms with Crippen LogP contribution in [0.25, 0.3) is 0 Å². The summed E-state index contributed by atoms with van der Waals surface area (Å²) in [6, 6.07) is 17.4. The maximum absolute atomic E-state index is 14.1. The molecule has 7 nitrogen and oxygen atoms in total. The van der Waals surface area contributed by atoms with Crippen molar-refractivity contribution in [2.45, 2.75) is 32.9 Å². The zero-order chi connectivity index (χ0) is 30.3. The third kappa shape index (κ3) is 9.51. The summed E-state index contributed by atoms with van der Waals surface area (Å²) >= 11 is 24.9. The highest BCUT2D eigenvalue weighted by Gasteiger charge is 2.34. The summed E-state index contributed by atoms with van der Waals surface area (Å²) in [4.78, 5) is 29.1. The average molecular weight is 659 g/mol. The second-order valence-corrected chi connectivity index (χ2v) is 13.6. The molecule has 41 heavy (non-hydrogen) atoms. The summed E-state index contributed by atoms with van der Waals surface area (Å²) in [5.41, 5.74) is 1.44. The fourth-order valence-electron chi connectivity index (χ4n) is 4.09. The zero-order valence-corrected chi connectivity index (χ0v) is 26.6. The number of anilines is 1. The van der Waals surface area contributed by atoms with Crippen molar-refractivity contribution >= 4 is 73.9 Å². The molecule has 0 spiro atoms. The molecule has 3 aromatic rings. The predicted molar refractivity (Wildman–Crippen MR) is 167 cm³/mol.